The van der Waals surface area contributed by atoms with Crippen molar-refractivity contribution in [2.45, 2.75) is 13.5 Å². The first-order chi connectivity index (χ1) is 8.15. The van der Waals surface area contributed by atoms with Gasteiger partial charge < -0.3 is 5.11 Å². The highest BCUT2D eigenvalue weighted by Gasteiger charge is 2.07. The standard InChI is InChI=1S/C12H11N3O2/c1-9-13-5-2-11(14-9)10-3-6-15(7-4-10)8-12(16)17/h2-7H,8H2,1H3/p+1. The highest BCUT2D eigenvalue weighted by molar-refractivity contribution is 5.64. The Morgan fingerprint density at radius 1 is 1.35 bits per heavy atom. The fraction of sp³-hybridized carbons (Fsp3) is 0.167. The van der Waals surface area contributed by atoms with E-state index >= 15 is 0 Å². The van der Waals surface area contributed by atoms with Crippen molar-refractivity contribution in [1.29, 1.82) is 0 Å². The van der Waals surface area contributed by atoms with E-state index < -0.39 is 5.97 Å². The molecule has 1 N–H and O–H groups in total. The van der Waals surface area contributed by atoms with E-state index in [-0.39, 0.29) is 6.54 Å². The zero-order valence-corrected chi connectivity index (χ0v) is 9.37. The lowest BCUT2D eigenvalue weighted by atomic mass is 10.2. The highest BCUT2D eigenvalue weighted by atomic mass is 16.4. The summed E-state index contributed by atoms with van der Waals surface area (Å²) in [4.78, 5) is 18.9. The van der Waals surface area contributed by atoms with Crippen molar-refractivity contribution in [2.24, 2.45) is 0 Å². The molecule has 0 atom stereocenters. The van der Waals surface area contributed by atoms with Crippen molar-refractivity contribution in [3.63, 3.8) is 0 Å². The van der Waals surface area contributed by atoms with E-state index in [2.05, 4.69) is 9.97 Å². The van der Waals surface area contributed by atoms with Gasteiger partial charge in [-0.2, -0.15) is 4.57 Å². The Hall–Kier alpha value is -2.30. The van der Waals surface area contributed by atoms with Gasteiger partial charge in [-0.15, -0.1) is 0 Å². The lowest BCUT2D eigenvalue weighted by molar-refractivity contribution is -0.685. The van der Waals surface area contributed by atoms with Crippen molar-refractivity contribution >= 4 is 5.97 Å². The molecule has 0 aliphatic heterocycles. The topological polar surface area (TPSA) is 67.0 Å². The number of carboxylic acid groups (broad SMARTS) is 1. The zero-order chi connectivity index (χ0) is 12.3. The molecule has 0 radical (unpaired) electrons. The van der Waals surface area contributed by atoms with Crippen LogP contribution in [0, 0.1) is 6.92 Å². The number of aryl methyl sites for hydroxylation is 1. The molecule has 0 unspecified atom stereocenters. The first-order valence-corrected chi connectivity index (χ1v) is 5.16. The molecule has 2 heterocycles. The van der Waals surface area contributed by atoms with Crippen molar-refractivity contribution in [3.8, 4) is 11.3 Å². The molecule has 2 rings (SSSR count). The van der Waals surface area contributed by atoms with Gasteiger partial charge >= 0.3 is 5.97 Å². The van der Waals surface area contributed by atoms with Crippen LogP contribution < -0.4 is 4.57 Å². The third-order valence-electron chi connectivity index (χ3n) is 2.28. The van der Waals surface area contributed by atoms with Crippen LogP contribution in [-0.4, -0.2) is 21.0 Å². The van der Waals surface area contributed by atoms with Gasteiger partial charge in [0, 0.05) is 23.9 Å². The Kier molecular flexibility index (Phi) is 3.09. The Labute approximate surface area is 98.4 Å². The predicted octanol–water partition coefficient (Wildman–Crippen LogP) is 0.824. The number of carbonyl (C=O) groups is 1. The Bertz CT molecular complexity index is 538. The normalized spacial score (nSPS) is 10.2. The van der Waals surface area contributed by atoms with Gasteiger partial charge in [0.1, 0.15) is 5.82 Å². The van der Waals surface area contributed by atoms with Gasteiger partial charge in [0.25, 0.3) is 0 Å². The van der Waals surface area contributed by atoms with Crippen LogP contribution in [0.15, 0.2) is 36.8 Å². The van der Waals surface area contributed by atoms with Crippen LogP contribution in [0.2, 0.25) is 0 Å². The third-order valence-corrected chi connectivity index (χ3v) is 2.28. The molecule has 0 aliphatic carbocycles. The third kappa shape index (κ3) is 2.84. The molecule has 0 fully saturated rings. The average Bonchev–Trinajstić information content (AvgIpc) is 2.29. The molecule has 0 saturated carbocycles. The van der Waals surface area contributed by atoms with E-state index in [4.69, 9.17) is 5.11 Å². The highest BCUT2D eigenvalue weighted by Crippen LogP contribution is 2.13. The molecule has 2 aromatic rings. The summed E-state index contributed by atoms with van der Waals surface area (Å²) in [6.07, 6.45) is 5.15. The second-order valence-corrected chi connectivity index (χ2v) is 3.64. The Balaban J connectivity index is 2.26. The summed E-state index contributed by atoms with van der Waals surface area (Å²) in [5.41, 5.74) is 1.78. The van der Waals surface area contributed by atoms with Crippen LogP contribution in [0.1, 0.15) is 5.82 Å². The summed E-state index contributed by atoms with van der Waals surface area (Å²) in [7, 11) is 0. The van der Waals surface area contributed by atoms with Gasteiger partial charge in [-0.3, -0.25) is 0 Å². The van der Waals surface area contributed by atoms with Gasteiger partial charge in [-0.05, 0) is 13.0 Å². The first-order valence-electron chi connectivity index (χ1n) is 5.16. The lowest BCUT2D eigenvalue weighted by Gasteiger charge is -2.00. The summed E-state index contributed by atoms with van der Waals surface area (Å²) in [6, 6.07) is 5.50. The maximum atomic E-state index is 10.5. The average molecular weight is 230 g/mol. The van der Waals surface area contributed by atoms with Crippen molar-refractivity contribution < 1.29 is 14.5 Å². The van der Waals surface area contributed by atoms with E-state index in [0.717, 1.165) is 11.3 Å². The SMILES string of the molecule is Cc1nccc(-c2cc[n+](CC(=O)O)cc2)n1. The minimum absolute atomic E-state index is 0.0386. The molecule has 0 aliphatic rings. The number of carboxylic acids is 1. The van der Waals surface area contributed by atoms with E-state index in [9.17, 15) is 4.79 Å². The van der Waals surface area contributed by atoms with Gasteiger partial charge in [0.2, 0.25) is 6.54 Å². The molecule has 0 saturated heterocycles. The maximum Gasteiger partial charge on any atom is 0.370 e. The van der Waals surface area contributed by atoms with Crippen LogP contribution >= 0.6 is 0 Å². The van der Waals surface area contributed by atoms with Crippen LogP contribution in [0.4, 0.5) is 0 Å². The number of rotatable bonds is 3. The lowest BCUT2D eigenvalue weighted by Crippen LogP contribution is -2.36. The minimum atomic E-state index is -0.861. The molecular weight excluding hydrogens is 218 g/mol. The fourth-order valence-electron chi connectivity index (χ4n) is 1.51. The van der Waals surface area contributed by atoms with Gasteiger partial charge in [0.05, 0.1) is 5.69 Å². The summed E-state index contributed by atoms with van der Waals surface area (Å²) in [5.74, 6) is -0.148. The smallest absolute Gasteiger partial charge is 0.370 e. The summed E-state index contributed by atoms with van der Waals surface area (Å²) in [6.45, 7) is 1.79. The van der Waals surface area contributed by atoms with Crippen LogP contribution in [0.3, 0.4) is 0 Å². The molecule has 0 spiro atoms. The van der Waals surface area contributed by atoms with Gasteiger partial charge in [-0.1, -0.05) is 0 Å². The number of hydrogen-bond acceptors (Lipinski definition) is 3. The second kappa shape index (κ2) is 4.69. The molecule has 5 nitrogen and oxygen atoms in total. The maximum absolute atomic E-state index is 10.5. The van der Waals surface area contributed by atoms with E-state index in [1.54, 1.807) is 23.2 Å². The largest absolute Gasteiger partial charge is 0.477 e. The van der Waals surface area contributed by atoms with Crippen LogP contribution in [0.25, 0.3) is 11.3 Å². The quantitative estimate of drug-likeness (QED) is 0.793. The molecule has 17 heavy (non-hydrogen) atoms. The van der Waals surface area contributed by atoms with Crippen molar-refractivity contribution in [2.75, 3.05) is 0 Å². The van der Waals surface area contributed by atoms with Crippen LogP contribution in [0.5, 0.6) is 0 Å². The molecule has 5 heteroatoms. The molecule has 2 aromatic heterocycles. The molecule has 0 bridgehead atoms. The minimum Gasteiger partial charge on any atom is -0.477 e. The number of pyridine rings is 1. The van der Waals surface area contributed by atoms with Crippen molar-refractivity contribution in [3.05, 3.63) is 42.6 Å². The van der Waals surface area contributed by atoms with E-state index in [1.165, 1.54) is 0 Å². The van der Waals surface area contributed by atoms with E-state index in [1.807, 2.05) is 25.1 Å². The van der Waals surface area contributed by atoms with Gasteiger partial charge in [-0.25, -0.2) is 14.8 Å². The van der Waals surface area contributed by atoms with Crippen molar-refractivity contribution in [1.82, 2.24) is 9.97 Å². The monoisotopic (exact) mass is 230 g/mol. The summed E-state index contributed by atoms with van der Waals surface area (Å²) in [5, 5.41) is 8.65. The molecule has 86 valence electrons. The predicted molar refractivity (Wildman–Crippen MR) is 60.0 cm³/mol. The Morgan fingerprint density at radius 2 is 2.06 bits per heavy atom. The Morgan fingerprint density at radius 3 is 2.65 bits per heavy atom. The van der Waals surface area contributed by atoms with Gasteiger partial charge in [0.15, 0.2) is 12.4 Å². The zero-order valence-electron chi connectivity index (χ0n) is 9.37. The van der Waals surface area contributed by atoms with E-state index in [0.29, 0.717) is 5.82 Å². The molecule has 0 amide bonds. The molecular formula is C12H12N3O2+. The molecule has 0 aromatic carbocycles. The first kappa shape index (κ1) is 11.2. The number of nitrogens with zero attached hydrogens (tertiary/aromatic N) is 3. The summed E-state index contributed by atoms with van der Waals surface area (Å²) < 4.78 is 1.60. The fourth-order valence-corrected chi connectivity index (χ4v) is 1.51. The summed E-state index contributed by atoms with van der Waals surface area (Å²) >= 11 is 0. The number of hydrogen-bond donors (Lipinski definition) is 1. The second-order valence-electron chi connectivity index (χ2n) is 3.64. The number of aromatic nitrogens is 3. The number of aliphatic carboxylic acids is 1. The van der Waals surface area contributed by atoms with Crippen LogP contribution in [-0.2, 0) is 11.3 Å².